The second-order valence-electron chi connectivity index (χ2n) is 2.07. The lowest BCUT2D eigenvalue weighted by Gasteiger charge is -1.77. The normalized spacial score (nSPS) is 12.6. The fourth-order valence-corrected chi connectivity index (χ4v) is 0.586. The first-order valence-electron chi connectivity index (χ1n) is 3.84. The zero-order valence-corrected chi connectivity index (χ0v) is 6.88. The average Bonchev–Trinajstić information content (AvgIpc) is 1.97. The molecule has 0 aliphatic rings. The minimum absolute atomic E-state index is 1.05. The Bertz CT molecular complexity index is 127. The van der Waals surface area contributed by atoms with Crippen LogP contribution in [-0.2, 0) is 0 Å². The first-order chi connectivity index (χ1) is 4.91. The molecule has 0 aliphatic heterocycles. The molecule has 0 atom stereocenters. The van der Waals surface area contributed by atoms with Gasteiger partial charge in [-0.3, -0.25) is 0 Å². The van der Waals surface area contributed by atoms with Crippen molar-refractivity contribution in [2.24, 2.45) is 0 Å². The van der Waals surface area contributed by atoms with Crippen LogP contribution in [0.1, 0.15) is 26.7 Å². The van der Waals surface area contributed by atoms with Gasteiger partial charge in [-0.25, -0.2) is 0 Å². The summed E-state index contributed by atoms with van der Waals surface area (Å²) in [6.07, 6.45) is 14.8. The van der Waals surface area contributed by atoms with E-state index in [9.17, 15) is 0 Å². The Labute approximate surface area is 64.0 Å². The standard InChI is InChI=1S/C10H16/c1-3-5-7-9-10-8-6-4-2/h3,5-6,8-10H,4,7H2,1-2H3/b5-3-,8-6-,10-9-. The van der Waals surface area contributed by atoms with E-state index in [1.54, 1.807) is 0 Å². The molecule has 0 unspecified atom stereocenters. The molecule has 0 N–H and O–H groups in total. The van der Waals surface area contributed by atoms with Gasteiger partial charge in [0.1, 0.15) is 0 Å². The number of rotatable bonds is 4. The van der Waals surface area contributed by atoms with Gasteiger partial charge in [0, 0.05) is 0 Å². The summed E-state index contributed by atoms with van der Waals surface area (Å²) >= 11 is 0. The Morgan fingerprint density at radius 3 is 2.30 bits per heavy atom. The maximum absolute atomic E-state index is 2.14. The number of hydrogen-bond donors (Lipinski definition) is 0. The molecular formula is C10H16. The third kappa shape index (κ3) is 7.22. The van der Waals surface area contributed by atoms with E-state index in [4.69, 9.17) is 0 Å². The molecule has 0 heteroatoms. The van der Waals surface area contributed by atoms with Crippen molar-refractivity contribution in [3.8, 4) is 0 Å². The largest absolute Gasteiger partial charge is 0.0914 e. The highest BCUT2D eigenvalue weighted by Crippen LogP contribution is 1.87. The van der Waals surface area contributed by atoms with Crippen LogP contribution in [0.3, 0.4) is 0 Å². The van der Waals surface area contributed by atoms with E-state index in [1.165, 1.54) is 0 Å². The third-order valence-electron chi connectivity index (χ3n) is 1.13. The Morgan fingerprint density at radius 1 is 1.00 bits per heavy atom. The maximum Gasteiger partial charge on any atom is -0.0166 e. The summed E-state index contributed by atoms with van der Waals surface area (Å²) in [5, 5.41) is 0. The third-order valence-corrected chi connectivity index (χ3v) is 1.13. The summed E-state index contributed by atoms with van der Waals surface area (Å²) in [6, 6.07) is 0. The molecule has 0 aromatic heterocycles. The quantitative estimate of drug-likeness (QED) is 0.410. The highest BCUT2D eigenvalue weighted by molar-refractivity contribution is 5.04. The van der Waals surface area contributed by atoms with Crippen LogP contribution in [0.15, 0.2) is 36.5 Å². The van der Waals surface area contributed by atoms with Gasteiger partial charge in [-0.1, -0.05) is 43.4 Å². The van der Waals surface area contributed by atoms with E-state index in [-0.39, 0.29) is 0 Å². The first kappa shape index (κ1) is 9.22. The molecule has 56 valence electrons. The van der Waals surface area contributed by atoms with Crippen molar-refractivity contribution in [2.45, 2.75) is 26.7 Å². The van der Waals surface area contributed by atoms with Gasteiger partial charge in [0.15, 0.2) is 0 Å². The minimum atomic E-state index is 1.05. The summed E-state index contributed by atoms with van der Waals surface area (Å²) in [5.41, 5.74) is 0. The van der Waals surface area contributed by atoms with Crippen LogP contribution in [0.5, 0.6) is 0 Å². The second-order valence-corrected chi connectivity index (χ2v) is 2.07. The van der Waals surface area contributed by atoms with Crippen LogP contribution in [-0.4, -0.2) is 0 Å². The second kappa shape index (κ2) is 8.22. The summed E-state index contributed by atoms with van der Waals surface area (Å²) < 4.78 is 0. The Kier molecular flexibility index (Phi) is 7.58. The van der Waals surface area contributed by atoms with Crippen molar-refractivity contribution in [3.05, 3.63) is 36.5 Å². The van der Waals surface area contributed by atoms with Crippen molar-refractivity contribution >= 4 is 0 Å². The molecule has 0 fully saturated rings. The molecule has 0 amide bonds. The van der Waals surface area contributed by atoms with Gasteiger partial charge < -0.3 is 0 Å². The van der Waals surface area contributed by atoms with Gasteiger partial charge in [0.25, 0.3) is 0 Å². The highest BCUT2D eigenvalue weighted by atomic mass is 13.7. The van der Waals surface area contributed by atoms with Crippen molar-refractivity contribution in [3.63, 3.8) is 0 Å². The molecule has 0 spiro atoms. The van der Waals surface area contributed by atoms with E-state index in [0.29, 0.717) is 0 Å². The molecule has 0 rings (SSSR count). The van der Waals surface area contributed by atoms with E-state index in [2.05, 4.69) is 43.4 Å². The Hall–Kier alpha value is -0.780. The van der Waals surface area contributed by atoms with Gasteiger partial charge in [0.2, 0.25) is 0 Å². The van der Waals surface area contributed by atoms with Crippen LogP contribution >= 0.6 is 0 Å². The van der Waals surface area contributed by atoms with Crippen LogP contribution in [0, 0.1) is 0 Å². The maximum atomic E-state index is 2.14. The molecule has 0 aromatic rings. The average molecular weight is 136 g/mol. The Balaban J connectivity index is 3.28. The predicted molar refractivity (Wildman–Crippen MR) is 48.0 cm³/mol. The molecule has 0 aromatic carbocycles. The summed E-state index contributed by atoms with van der Waals surface area (Å²) in [5.74, 6) is 0. The molecule has 0 saturated carbocycles. The summed E-state index contributed by atoms with van der Waals surface area (Å²) in [7, 11) is 0. The van der Waals surface area contributed by atoms with Crippen LogP contribution in [0.25, 0.3) is 0 Å². The zero-order valence-electron chi connectivity index (χ0n) is 6.88. The van der Waals surface area contributed by atoms with E-state index in [0.717, 1.165) is 12.8 Å². The molecule has 0 radical (unpaired) electrons. The molecule has 10 heavy (non-hydrogen) atoms. The number of hydrogen-bond acceptors (Lipinski definition) is 0. The van der Waals surface area contributed by atoms with Gasteiger partial charge in [0.05, 0.1) is 0 Å². The predicted octanol–water partition coefficient (Wildman–Crippen LogP) is 3.48. The van der Waals surface area contributed by atoms with Crippen LogP contribution < -0.4 is 0 Å². The lowest BCUT2D eigenvalue weighted by atomic mass is 10.3. The fraction of sp³-hybridized carbons (Fsp3) is 0.400. The summed E-state index contributed by atoms with van der Waals surface area (Å²) in [6.45, 7) is 4.17. The van der Waals surface area contributed by atoms with Crippen LogP contribution in [0.2, 0.25) is 0 Å². The molecule has 0 nitrogen and oxygen atoms in total. The summed E-state index contributed by atoms with van der Waals surface area (Å²) in [4.78, 5) is 0. The monoisotopic (exact) mass is 136 g/mol. The Morgan fingerprint density at radius 2 is 1.70 bits per heavy atom. The van der Waals surface area contributed by atoms with E-state index >= 15 is 0 Å². The molecule has 0 saturated heterocycles. The molecule has 0 heterocycles. The molecule has 0 aliphatic carbocycles. The van der Waals surface area contributed by atoms with Gasteiger partial charge in [-0.15, -0.1) is 0 Å². The first-order valence-corrected chi connectivity index (χ1v) is 3.84. The van der Waals surface area contributed by atoms with Gasteiger partial charge in [-0.2, -0.15) is 0 Å². The van der Waals surface area contributed by atoms with Gasteiger partial charge in [-0.05, 0) is 19.8 Å². The molecular weight excluding hydrogens is 120 g/mol. The zero-order chi connectivity index (χ0) is 7.66. The SMILES string of the molecule is C/C=C\C/C=C\C=C/CC. The van der Waals surface area contributed by atoms with E-state index in [1.807, 2.05) is 6.92 Å². The van der Waals surface area contributed by atoms with Crippen LogP contribution in [0.4, 0.5) is 0 Å². The van der Waals surface area contributed by atoms with Gasteiger partial charge >= 0.3 is 0 Å². The lowest BCUT2D eigenvalue weighted by molar-refractivity contribution is 1.22. The minimum Gasteiger partial charge on any atom is -0.0914 e. The van der Waals surface area contributed by atoms with E-state index < -0.39 is 0 Å². The smallest absolute Gasteiger partial charge is 0.0166 e. The van der Waals surface area contributed by atoms with Crippen molar-refractivity contribution in [1.29, 1.82) is 0 Å². The topological polar surface area (TPSA) is 0 Å². The van der Waals surface area contributed by atoms with Crippen molar-refractivity contribution in [1.82, 2.24) is 0 Å². The fourth-order valence-electron chi connectivity index (χ4n) is 0.586. The highest BCUT2D eigenvalue weighted by Gasteiger charge is 1.65. The van der Waals surface area contributed by atoms with Crippen molar-refractivity contribution in [2.75, 3.05) is 0 Å². The number of allylic oxidation sites excluding steroid dienone is 6. The van der Waals surface area contributed by atoms with Crippen molar-refractivity contribution < 1.29 is 0 Å². The molecule has 0 bridgehead atoms. The lowest BCUT2D eigenvalue weighted by Crippen LogP contribution is -1.56.